The van der Waals surface area contributed by atoms with Gasteiger partial charge in [-0.15, -0.1) is 11.3 Å². The highest BCUT2D eigenvalue weighted by Crippen LogP contribution is 2.25. The summed E-state index contributed by atoms with van der Waals surface area (Å²) < 4.78 is 6.79. The van der Waals surface area contributed by atoms with Crippen molar-refractivity contribution >= 4 is 27.3 Å². The summed E-state index contributed by atoms with van der Waals surface area (Å²) in [4.78, 5) is 11.9. The highest BCUT2D eigenvalue weighted by atomic mass is 32.1. The first-order valence-electron chi connectivity index (χ1n) is 7.63. The van der Waals surface area contributed by atoms with Crippen molar-refractivity contribution in [3.05, 3.63) is 65.0 Å². The minimum atomic E-state index is -0.0916. The van der Waals surface area contributed by atoms with Crippen LogP contribution in [0.2, 0.25) is 0 Å². The number of carbonyl (C=O) groups is 1. The highest BCUT2D eigenvalue weighted by Gasteiger charge is 2.05. The smallest absolute Gasteiger partial charge is 0.257 e. The van der Waals surface area contributed by atoms with Crippen LogP contribution in [-0.2, 0) is 11.2 Å². The van der Waals surface area contributed by atoms with Gasteiger partial charge in [0.05, 0.1) is 0 Å². The first-order valence-corrected chi connectivity index (χ1v) is 8.51. The molecule has 0 fully saturated rings. The zero-order chi connectivity index (χ0) is 16.1. The maximum atomic E-state index is 11.9. The molecule has 0 saturated carbocycles. The fourth-order valence-electron chi connectivity index (χ4n) is 2.47. The second-order valence-electron chi connectivity index (χ2n) is 5.46. The largest absolute Gasteiger partial charge is 0.484 e. The van der Waals surface area contributed by atoms with Gasteiger partial charge in [0.1, 0.15) is 5.75 Å². The van der Waals surface area contributed by atoms with E-state index in [2.05, 4.69) is 22.8 Å². The van der Waals surface area contributed by atoms with E-state index in [-0.39, 0.29) is 12.5 Å². The molecule has 1 heterocycles. The lowest BCUT2D eigenvalue weighted by Crippen LogP contribution is -2.30. The Bertz CT molecular complexity index is 810. The Hall–Kier alpha value is -2.33. The zero-order valence-electron chi connectivity index (χ0n) is 13.0. The third-order valence-electron chi connectivity index (χ3n) is 3.64. The molecule has 2 aromatic carbocycles. The van der Waals surface area contributed by atoms with Crippen molar-refractivity contribution in [2.24, 2.45) is 0 Å². The predicted molar refractivity (Wildman–Crippen MR) is 95.2 cm³/mol. The Kier molecular flexibility index (Phi) is 4.93. The second kappa shape index (κ2) is 7.29. The molecule has 0 aliphatic heterocycles. The van der Waals surface area contributed by atoms with Crippen LogP contribution in [-0.4, -0.2) is 19.1 Å². The Morgan fingerprint density at radius 2 is 2.04 bits per heavy atom. The molecule has 3 aromatic rings. The number of ether oxygens (including phenoxy) is 1. The maximum absolute atomic E-state index is 11.9. The number of carbonyl (C=O) groups excluding carboxylic acids is 1. The lowest BCUT2D eigenvalue weighted by molar-refractivity contribution is -0.123. The summed E-state index contributed by atoms with van der Waals surface area (Å²) in [5.41, 5.74) is 2.40. The summed E-state index contributed by atoms with van der Waals surface area (Å²) in [6.45, 7) is 2.67. The Labute approximate surface area is 139 Å². The summed E-state index contributed by atoms with van der Waals surface area (Å²) >= 11 is 1.74. The number of nitrogens with one attached hydrogen (secondary N) is 1. The van der Waals surface area contributed by atoms with Gasteiger partial charge in [0.15, 0.2) is 6.61 Å². The molecule has 1 aromatic heterocycles. The molecule has 3 nitrogen and oxygen atoms in total. The van der Waals surface area contributed by atoms with Gasteiger partial charge < -0.3 is 10.1 Å². The van der Waals surface area contributed by atoms with E-state index in [0.717, 1.165) is 17.7 Å². The monoisotopic (exact) mass is 325 g/mol. The molecule has 23 heavy (non-hydrogen) atoms. The average Bonchev–Trinajstić information content (AvgIpc) is 2.97. The molecular formula is C19H19NO2S. The molecule has 0 aliphatic rings. The van der Waals surface area contributed by atoms with Gasteiger partial charge >= 0.3 is 0 Å². The summed E-state index contributed by atoms with van der Waals surface area (Å²) in [6, 6.07) is 16.0. The van der Waals surface area contributed by atoms with Crippen LogP contribution >= 0.6 is 11.3 Å². The van der Waals surface area contributed by atoms with Crippen molar-refractivity contribution in [3.63, 3.8) is 0 Å². The van der Waals surface area contributed by atoms with Crippen molar-refractivity contribution < 1.29 is 9.53 Å². The number of benzene rings is 2. The normalized spacial score (nSPS) is 10.7. The maximum Gasteiger partial charge on any atom is 0.257 e. The van der Waals surface area contributed by atoms with Crippen LogP contribution in [0.5, 0.6) is 5.75 Å². The van der Waals surface area contributed by atoms with E-state index in [1.165, 1.54) is 15.6 Å². The van der Waals surface area contributed by atoms with E-state index in [4.69, 9.17) is 4.74 Å². The van der Waals surface area contributed by atoms with Crippen LogP contribution in [0.3, 0.4) is 0 Å². The van der Waals surface area contributed by atoms with E-state index < -0.39 is 0 Å². The number of rotatable bonds is 6. The number of thiophene rings is 1. The van der Waals surface area contributed by atoms with Crippen molar-refractivity contribution in [1.82, 2.24) is 5.32 Å². The third kappa shape index (κ3) is 4.11. The van der Waals surface area contributed by atoms with Gasteiger partial charge in [-0.3, -0.25) is 4.79 Å². The van der Waals surface area contributed by atoms with Gasteiger partial charge in [0.2, 0.25) is 0 Å². The molecule has 0 bridgehead atoms. The number of hydrogen-bond donors (Lipinski definition) is 1. The number of amides is 1. The first-order chi connectivity index (χ1) is 11.2. The highest BCUT2D eigenvalue weighted by molar-refractivity contribution is 7.17. The van der Waals surface area contributed by atoms with Gasteiger partial charge in [-0.05, 0) is 53.4 Å². The fourth-order valence-corrected chi connectivity index (χ4v) is 3.47. The van der Waals surface area contributed by atoms with E-state index in [9.17, 15) is 4.79 Å². The van der Waals surface area contributed by atoms with Gasteiger partial charge in [-0.25, -0.2) is 0 Å². The molecule has 0 saturated heterocycles. The van der Waals surface area contributed by atoms with Crippen molar-refractivity contribution in [1.29, 1.82) is 0 Å². The minimum Gasteiger partial charge on any atom is -0.484 e. The van der Waals surface area contributed by atoms with E-state index in [1.807, 2.05) is 43.3 Å². The van der Waals surface area contributed by atoms with E-state index in [1.54, 1.807) is 11.3 Å². The summed E-state index contributed by atoms with van der Waals surface area (Å²) in [5.74, 6) is 0.634. The Morgan fingerprint density at radius 3 is 2.91 bits per heavy atom. The summed E-state index contributed by atoms with van der Waals surface area (Å²) in [6.07, 6.45) is 0.834. The van der Waals surface area contributed by atoms with Crippen LogP contribution in [0, 0.1) is 6.92 Å². The lowest BCUT2D eigenvalue weighted by Gasteiger charge is -2.08. The molecule has 4 heteroatoms. The molecule has 0 spiro atoms. The second-order valence-corrected chi connectivity index (χ2v) is 6.37. The van der Waals surface area contributed by atoms with Crippen LogP contribution in [0.15, 0.2) is 53.9 Å². The summed E-state index contributed by atoms with van der Waals surface area (Å²) in [7, 11) is 0. The van der Waals surface area contributed by atoms with E-state index in [0.29, 0.717) is 6.54 Å². The summed E-state index contributed by atoms with van der Waals surface area (Å²) in [5, 5.41) is 6.36. The number of hydrogen-bond acceptors (Lipinski definition) is 3. The molecule has 0 atom stereocenters. The molecule has 3 rings (SSSR count). The van der Waals surface area contributed by atoms with Gasteiger partial charge in [0, 0.05) is 11.2 Å². The Balaban J connectivity index is 1.46. The average molecular weight is 325 g/mol. The van der Waals surface area contributed by atoms with Crippen LogP contribution in [0.1, 0.15) is 11.1 Å². The predicted octanol–water partition coefficient (Wildman–Crippen LogP) is 3.95. The van der Waals surface area contributed by atoms with Gasteiger partial charge in [-0.1, -0.05) is 30.3 Å². The Morgan fingerprint density at radius 1 is 1.17 bits per heavy atom. The van der Waals surface area contributed by atoms with Crippen molar-refractivity contribution in [2.45, 2.75) is 13.3 Å². The topological polar surface area (TPSA) is 38.3 Å². The third-order valence-corrected chi connectivity index (χ3v) is 4.65. The van der Waals surface area contributed by atoms with Crippen LogP contribution in [0.25, 0.3) is 10.1 Å². The van der Waals surface area contributed by atoms with Crippen LogP contribution in [0.4, 0.5) is 0 Å². The van der Waals surface area contributed by atoms with Gasteiger partial charge in [0.25, 0.3) is 5.91 Å². The number of aryl methyl sites for hydroxylation is 1. The number of fused-ring (bicyclic) bond motifs is 1. The minimum absolute atomic E-state index is 0.0494. The molecule has 0 unspecified atom stereocenters. The molecule has 1 N–H and O–H groups in total. The molecule has 118 valence electrons. The lowest BCUT2D eigenvalue weighted by atomic mass is 10.1. The van der Waals surface area contributed by atoms with E-state index >= 15 is 0 Å². The van der Waals surface area contributed by atoms with Crippen LogP contribution < -0.4 is 10.1 Å². The molecule has 0 aliphatic carbocycles. The fraction of sp³-hybridized carbons (Fsp3) is 0.211. The molecular weight excluding hydrogens is 306 g/mol. The molecule has 1 amide bonds. The quantitative estimate of drug-likeness (QED) is 0.745. The zero-order valence-corrected chi connectivity index (χ0v) is 13.9. The first kappa shape index (κ1) is 15.6. The van der Waals surface area contributed by atoms with Gasteiger partial charge in [-0.2, -0.15) is 0 Å². The SMILES string of the molecule is Cc1cccc(OCC(=O)NCCc2csc3ccccc23)c1. The van der Waals surface area contributed by atoms with Crippen molar-refractivity contribution in [3.8, 4) is 5.75 Å². The standard InChI is InChI=1S/C19H19NO2S/c1-14-5-4-6-16(11-14)22-12-19(21)20-10-9-15-13-23-18-8-3-2-7-17(15)18/h2-8,11,13H,9-10,12H2,1H3,(H,20,21). The van der Waals surface area contributed by atoms with Crippen molar-refractivity contribution in [2.75, 3.05) is 13.2 Å². The molecule has 0 radical (unpaired) electrons.